The molecule has 1 aromatic carbocycles. The van der Waals surface area contributed by atoms with Gasteiger partial charge in [0, 0.05) is 27.8 Å². The zero-order valence-corrected chi connectivity index (χ0v) is 17.7. The summed E-state index contributed by atoms with van der Waals surface area (Å²) in [6.07, 6.45) is 2.32. The number of likely N-dealkylation sites (N-methyl/N-ethyl adjacent to an activating group) is 1. The summed E-state index contributed by atoms with van der Waals surface area (Å²) in [5, 5.41) is 6.12. The van der Waals surface area contributed by atoms with Crippen LogP contribution in [0.5, 0.6) is 0 Å². The molecule has 0 radical (unpaired) electrons. The number of fused-ring (bicyclic) bond motifs is 1. The van der Waals surface area contributed by atoms with Crippen LogP contribution in [0.3, 0.4) is 0 Å². The minimum absolute atomic E-state index is 0.179. The third-order valence-corrected chi connectivity index (χ3v) is 6.93. The molecule has 1 aromatic heterocycles. The second kappa shape index (κ2) is 8.42. The van der Waals surface area contributed by atoms with E-state index < -0.39 is 6.09 Å². The van der Waals surface area contributed by atoms with Gasteiger partial charge in [0.2, 0.25) is 0 Å². The standard InChI is InChI=1S/C22H27FN2O3S/c1-4-13-9-15(11-18(24-3)21-20(13)28-21)27-22(26)25-17-7-6-14(23)10-16(17)19-8-5-12(2)29-19/h5-8,10,13,15,18,20-21,24H,4,9,11H2,1-3H3,(H,25,26)/t13-,15+,18+,20+,21-/m1/s1. The lowest BCUT2D eigenvalue weighted by molar-refractivity contribution is 0.0742. The minimum atomic E-state index is -0.502. The molecule has 0 bridgehead atoms. The van der Waals surface area contributed by atoms with Crippen molar-refractivity contribution in [3.8, 4) is 10.4 Å². The molecule has 156 valence electrons. The van der Waals surface area contributed by atoms with Crippen LogP contribution < -0.4 is 10.6 Å². The number of epoxide rings is 1. The van der Waals surface area contributed by atoms with E-state index in [9.17, 15) is 9.18 Å². The first-order chi connectivity index (χ1) is 14.0. The first-order valence-electron chi connectivity index (χ1n) is 10.1. The summed E-state index contributed by atoms with van der Waals surface area (Å²) in [5.41, 5.74) is 1.21. The molecule has 2 aliphatic rings. The molecule has 2 aromatic rings. The van der Waals surface area contributed by atoms with E-state index in [2.05, 4.69) is 17.6 Å². The molecule has 1 aliphatic carbocycles. The summed E-state index contributed by atoms with van der Waals surface area (Å²) >= 11 is 1.56. The van der Waals surface area contributed by atoms with E-state index in [0.29, 0.717) is 17.2 Å². The molecule has 4 rings (SSSR count). The highest BCUT2D eigenvalue weighted by Gasteiger charge is 2.52. The van der Waals surface area contributed by atoms with E-state index >= 15 is 0 Å². The van der Waals surface area contributed by atoms with Crippen LogP contribution in [0.2, 0.25) is 0 Å². The van der Waals surface area contributed by atoms with Crippen molar-refractivity contribution in [2.24, 2.45) is 5.92 Å². The fourth-order valence-corrected chi connectivity index (χ4v) is 5.20. The Hall–Kier alpha value is -1.96. The number of rotatable bonds is 5. The first kappa shape index (κ1) is 20.3. The number of carbonyl (C=O) groups excluding carboxylic acids is 1. The van der Waals surface area contributed by atoms with Gasteiger partial charge < -0.3 is 14.8 Å². The third kappa shape index (κ3) is 4.47. The molecule has 1 saturated carbocycles. The fraction of sp³-hybridized carbons (Fsp3) is 0.500. The van der Waals surface area contributed by atoms with Crippen LogP contribution in [0.25, 0.3) is 10.4 Å². The van der Waals surface area contributed by atoms with Gasteiger partial charge in [0.1, 0.15) is 11.9 Å². The Balaban J connectivity index is 1.47. The number of aryl methyl sites for hydroxylation is 1. The topological polar surface area (TPSA) is 62.9 Å². The lowest BCUT2D eigenvalue weighted by Gasteiger charge is -2.23. The van der Waals surface area contributed by atoms with Gasteiger partial charge in [-0.3, -0.25) is 5.32 Å². The van der Waals surface area contributed by atoms with Crippen molar-refractivity contribution in [1.82, 2.24) is 5.32 Å². The zero-order chi connectivity index (χ0) is 20.5. The van der Waals surface area contributed by atoms with Crippen molar-refractivity contribution in [3.63, 3.8) is 0 Å². The SMILES string of the molecule is CC[C@@H]1C[C@H](OC(=O)Nc2ccc(F)cc2-c2ccc(C)s2)C[C@H](NC)[C@H]2O[C@@H]12. The molecular formula is C22H27FN2O3S. The number of hydrogen-bond acceptors (Lipinski definition) is 5. The number of amides is 1. The van der Waals surface area contributed by atoms with Crippen LogP contribution in [-0.2, 0) is 9.47 Å². The summed E-state index contributed by atoms with van der Waals surface area (Å²) < 4.78 is 25.5. The number of benzene rings is 1. The number of ether oxygens (including phenoxy) is 2. The summed E-state index contributed by atoms with van der Waals surface area (Å²) in [7, 11) is 1.92. The molecule has 0 spiro atoms. The quantitative estimate of drug-likeness (QED) is 0.674. The van der Waals surface area contributed by atoms with Crippen molar-refractivity contribution < 1.29 is 18.7 Å². The molecule has 7 heteroatoms. The van der Waals surface area contributed by atoms with Crippen molar-refractivity contribution in [2.45, 2.75) is 57.5 Å². The second-order valence-electron chi connectivity index (χ2n) is 7.85. The monoisotopic (exact) mass is 418 g/mol. The molecule has 2 N–H and O–H groups in total. The van der Waals surface area contributed by atoms with Gasteiger partial charge in [0.05, 0.1) is 17.9 Å². The predicted molar refractivity (Wildman–Crippen MR) is 113 cm³/mol. The summed E-state index contributed by atoms with van der Waals surface area (Å²) in [6, 6.07) is 8.48. The zero-order valence-electron chi connectivity index (χ0n) is 16.9. The van der Waals surface area contributed by atoms with Crippen molar-refractivity contribution in [3.05, 3.63) is 41.0 Å². The van der Waals surface area contributed by atoms with E-state index in [1.54, 1.807) is 17.4 Å². The summed E-state index contributed by atoms with van der Waals surface area (Å²) in [5.74, 6) is 0.0576. The first-order valence-corrected chi connectivity index (χ1v) is 11.0. The Morgan fingerprint density at radius 1 is 1.28 bits per heavy atom. The maximum absolute atomic E-state index is 13.8. The Kier molecular flexibility index (Phi) is 5.90. The molecule has 1 aliphatic heterocycles. The van der Waals surface area contributed by atoms with E-state index in [1.807, 2.05) is 26.1 Å². The fourth-order valence-electron chi connectivity index (χ4n) is 4.30. The molecule has 29 heavy (non-hydrogen) atoms. The average molecular weight is 419 g/mol. The number of hydrogen-bond donors (Lipinski definition) is 2. The molecule has 5 atom stereocenters. The van der Waals surface area contributed by atoms with Crippen molar-refractivity contribution in [2.75, 3.05) is 12.4 Å². The third-order valence-electron chi connectivity index (χ3n) is 5.90. The highest BCUT2D eigenvalue weighted by molar-refractivity contribution is 7.15. The molecule has 2 fully saturated rings. The van der Waals surface area contributed by atoms with Crippen LogP contribution in [0.1, 0.15) is 31.1 Å². The van der Waals surface area contributed by atoms with Crippen molar-refractivity contribution in [1.29, 1.82) is 0 Å². The Labute approximate surface area is 174 Å². The number of nitrogens with one attached hydrogen (secondary N) is 2. The van der Waals surface area contributed by atoms with Crippen LogP contribution in [-0.4, -0.2) is 37.5 Å². The molecule has 2 heterocycles. The summed E-state index contributed by atoms with van der Waals surface area (Å²) in [4.78, 5) is 14.7. The van der Waals surface area contributed by atoms with E-state index in [-0.39, 0.29) is 30.2 Å². The highest BCUT2D eigenvalue weighted by atomic mass is 32.1. The average Bonchev–Trinajstić information content (AvgIpc) is 3.39. The van der Waals surface area contributed by atoms with Crippen LogP contribution in [0, 0.1) is 18.7 Å². The predicted octanol–water partition coefficient (Wildman–Crippen LogP) is 4.96. The largest absolute Gasteiger partial charge is 0.446 e. The molecule has 1 amide bonds. The minimum Gasteiger partial charge on any atom is -0.446 e. The number of thiophene rings is 1. The van der Waals surface area contributed by atoms with Crippen LogP contribution in [0.4, 0.5) is 14.9 Å². The Morgan fingerprint density at radius 3 is 2.79 bits per heavy atom. The number of anilines is 1. The number of carbonyl (C=O) groups is 1. The Morgan fingerprint density at radius 2 is 2.10 bits per heavy atom. The highest BCUT2D eigenvalue weighted by Crippen LogP contribution is 2.41. The van der Waals surface area contributed by atoms with Crippen LogP contribution in [0.15, 0.2) is 30.3 Å². The normalized spacial score (nSPS) is 28.3. The van der Waals surface area contributed by atoms with E-state index in [0.717, 1.165) is 29.0 Å². The van der Waals surface area contributed by atoms with Gasteiger partial charge in [0.25, 0.3) is 0 Å². The second-order valence-corrected chi connectivity index (χ2v) is 9.14. The van der Waals surface area contributed by atoms with Gasteiger partial charge in [0.15, 0.2) is 0 Å². The van der Waals surface area contributed by atoms with Gasteiger partial charge in [-0.05, 0) is 56.6 Å². The molecular weight excluding hydrogens is 391 g/mol. The smallest absolute Gasteiger partial charge is 0.411 e. The van der Waals surface area contributed by atoms with E-state index in [1.165, 1.54) is 12.1 Å². The molecule has 1 saturated heterocycles. The van der Waals surface area contributed by atoms with Gasteiger partial charge in [-0.15, -0.1) is 11.3 Å². The Bertz CT molecular complexity index is 869. The lowest BCUT2D eigenvalue weighted by atomic mass is 9.96. The number of halogens is 1. The van der Waals surface area contributed by atoms with Gasteiger partial charge in [-0.2, -0.15) is 0 Å². The van der Waals surface area contributed by atoms with Gasteiger partial charge in [-0.1, -0.05) is 13.3 Å². The molecule has 0 unspecified atom stereocenters. The summed E-state index contributed by atoms with van der Waals surface area (Å²) in [6.45, 7) is 4.14. The van der Waals surface area contributed by atoms with Crippen molar-refractivity contribution >= 4 is 23.1 Å². The molecule has 5 nitrogen and oxygen atoms in total. The maximum atomic E-state index is 13.8. The lowest BCUT2D eigenvalue weighted by Crippen LogP contribution is -2.35. The van der Waals surface area contributed by atoms with Gasteiger partial charge >= 0.3 is 6.09 Å². The van der Waals surface area contributed by atoms with Crippen LogP contribution >= 0.6 is 11.3 Å². The maximum Gasteiger partial charge on any atom is 0.411 e. The van der Waals surface area contributed by atoms with Gasteiger partial charge in [-0.25, -0.2) is 9.18 Å². The van der Waals surface area contributed by atoms with E-state index in [4.69, 9.17) is 9.47 Å².